The number of rotatable bonds is 3. The summed E-state index contributed by atoms with van der Waals surface area (Å²) in [6.45, 7) is 0. The second-order valence-corrected chi connectivity index (χ2v) is 3.60. The summed E-state index contributed by atoms with van der Waals surface area (Å²) in [4.78, 5) is 0. The molecule has 1 aliphatic rings. The van der Waals surface area contributed by atoms with Crippen molar-refractivity contribution in [1.29, 1.82) is 0 Å². The molecule has 1 saturated carbocycles. The first kappa shape index (κ1) is 8.14. The average molecular weight is 186 g/mol. The maximum atomic E-state index is 5.88. The van der Waals surface area contributed by atoms with Gasteiger partial charge in [-0.05, 0) is 43.5 Å². The van der Waals surface area contributed by atoms with E-state index in [0.717, 1.165) is 11.5 Å². The van der Waals surface area contributed by atoms with E-state index in [9.17, 15) is 0 Å². The van der Waals surface area contributed by atoms with Crippen molar-refractivity contribution < 1.29 is 4.42 Å². The highest BCUT2D eigenvalue weighted by atomic mass is 35.5. The Balaban J connectivity index is 2.20. The van der Waals surface area contributed by atoms with Crippen molar-refractivity contribution in [2.45, 2.75) is 18.9 Å². The molecule has 66 valence electrons. The van der Waals surface area contributed by atoms with Crippen molar-refractivity contribution in [2.75, 3.05) is 7.05 Å². The van der Waals surface area contributed by atoms with E-state index in [1.54, 1.807) is 6.26 Å². The summed E-state index contributed by atoms with van der Waals surface area (Å²) in [7, 11) is 1.96. The van der Waals surface area contributed by atoms with Gasteiger partial charge in [0, 0.05) is 11.6 Å². The van der Waals surface area contributed by atoms with Crippen LogP contribution in [0.25, 0.3) is 0 Å². The quantitative estimate of drug-likeness (QED) is 0.783. The summed E-state index contributed by atoms with van der Waals surface area (Å²) in [5, 5.41) is 3.79. The molecule has 0 amide bonds. The molecule has 1 heterocycles. The van der Waals surface area contributed by atoms with Crippen LogP contribution >= 0.6 is 11.6 Å². The zero-order valence-electron chi connectivity index (χ0n) is 7.01. The van der Waals surface area contributed by atoms with Crippen LogP contribution in [0.4, 0.5) is 0 Å². The predicted molar refractivity (Wildman–Crippen MR) is 48.2 cm³/mol. The van der Waals surface area contributed by atoms with Crippen LogP contribution in [-0.2, 0) is 0 Å². The summed E-state index contributed by atoms with van der Waals surface area (Å²) >= 11 is 5.88. The summed E-state index contributed by atoms with van der Waals surface area (Å²) in [6.07, 6.45) is 4.24. The normalized spacial score (nSPS) is 19.5. The highest BCUT2D eigenvalue weighted by molar-refractivity contribution is 6.29. The molecule has 1 fully saturated rings. The molecule has 12 heavy (non-hydrogen) atoms. The van der Waals surface area contributed by atoms with Gasteiger partial charge in [0.15, 0.2) is 5.22 Å². The van der Waals surface area contributed by atoms with E-state index in [2.05, 4.69) is 5.32 Å². The molecule has 1 atom stereocenters. The maximum absolute atomic E-state index is 5.88. The number of halogens is 1. The number of hydrogen-bond donors (Lipinski definition) is 1. The molecule has 2 rings (SSSR count). The summed E-state index contributed by atoms with van der Waals surface area (Å²) in [6, 6.07) is 2.33. The predicted octanol–water partition coefficient (Wildman–Crippen LogP) is 2.60. The van der Waals surface area contributed by atoms with Crippen LogP contribution in [0.3, 0.4) is 0 Å². The van der Waals surface area contributed by atoms with Crippen LogP contribution in [0.1, 0.15) is 24.4 Å². The van der Waals surface area contributed by atoms with Gasteiger partial charge in [0.25, 0.3) is 0 Å². The largest absolute Gasteiger partial charge is 0.453 e. The lowest BCUT2D eigenvalue weighted by molar-refractivity contribution is 0.511. The topological polar surface area (TPSA) is 25.2 Å². The van der Waals surface area contributed by atoms with Gasteiger partial charge in [-0.2, -0.15) is 0 Å². The van der Waals surface area contributed by atoms with Crippen molar-refractivity contribution in [3.05, 3.63) is 23.1 Å². The minimum absolute atomic E-state index is 0.385. The Hall–Kier alpha value is -0.470. The van der Waals surface area contributed by atoms with Gasteiger partial charge < -0.3 is 9.73 Å². The minimum Gasteiger partial charge on any atom is -0.453 e. The van der Waals surface area contributed by atoms with Crippen LogP contribution < -0.4 is 5.32 Å². The zero-order chi connectivity index (χ0) is 8.55. The Morgan fingerprint density at radius 1 is 1.67 bits per heavy atom. The van der Waals surface area contributed by atoms with E-state index in [1.165, 1.54) is 12.8 Å². The lowest BCUT2D eigenvalue weighted by atomic mass is 10.1. The third kappa shape index (κ3) is 1.37. The lowest BCUT2D eigenvalue weighted by Crippen LogP contribution is -2.17. The highest BCUT2D eigenvalue weighted by Crippen LogP contribution is 2.42. The Labute approximate surface area is 76.9 Å². The van der Waals surface area contributed by atoms with Gasteiger partial charge in [0.1, 0.15) is 0 Å². The molecule has 2 nitrogen and oxygen atoms in total. The van der Waals surface area contributed by atoms with E-state index in [4.69, 9.17) is 16.0 Å². The fourth-order valence-electron chi connectivity index (χ4n) is 1.60. The van der Waals surface area contributed by atoms with Crippen LogP contribution in [-0.4, -0.2) is 7.05 Å². The van der Waals surface area contributed by atoms with E-state index in [1.807, 2.05) is 13.1 Å². The summed E-state index contributed by atoms with van der Waals surface area (Å²) in [5.41, 5.74) is 1.10. The third-order valence-electron chi connectivity index (χ3n) is 2.39. The summed E-state index contributed by atoms with van der Waals surface area (Å²) in [5.74, 6) is 0.755. The van der Waals surface area contributed by atoms with E-state index in [-0.39, 0.29) is 0 Å². The molecule has 0 aliphatic heterocycles. The smallest absolute Gasteiger partial charge is 0.197 e. The van der Waals surface area contributed by atoms with Crippen LogP contribution in [0.2, 0.25) is 5.22 Å². The van der Waals surface area contributed by atoms with Crippen molar-refractivity contribution in [3.63, 3.8) is 0 Å². The fraction of sp³-hybridized carbons (Fsp3) is 0.556. The standard InChI is InChI=1S/C9H12ClNO/c1-11-8(6-2-3-6)7-4-5-12-9(7)10/h4-6,8,11H,2-3H2,1H3. The molecule has 0 aromatic carbocycles. The Bertz CT molecular complexity index is 267. The van der Waals surface area contributed by atoms with Gasteiger partial charge in [-0.15, -0.1) is 0 Å². The number of hydrogen-bond acceptors (Lipinski definition) is 2. The van der Waals surface area contributed by atoms with Gasteiger partial charge in [0.2, 0.25) is 0 Å². The molecule has 0 bridgehead atoms. The SMILES string of the molecule is CNC(c1ccoc1Cl)C1CC1. The molecule has 1 aliphatic carbocycles. The van der Waals surface area contributed by atoms with Crippen molar-refractivity contribution in [3.8, 4) is 0 Å². The van der Waals surface area contributed by atoms with Crippen LogP contribution in [0, 0.1) is 5.92 Å². The second-order valence-electron chi connectivity index (χ2n) is 3.25. The molecule has 0 saturated heterocycles. The van der Waals surface area contributed by atoms with Gasteiger partial charge >= 0.3 is 0 Å². The average Bonchev–Trinajstić information content (AvgIpc) is 2.80. The molecular formula is C9H12ClNO. The molecule has 0 spiro atoms. The lowest BCUT2D eigenvalue weighted by Gasteiger charge is -2.12. The Morgan fingerprint density at radius 2 is 2.42 bits per heavy atom. The first-order valence-electron chi connectivity index (χ1n) is 4.23. The van der Waals surface area contributed by atoms with Crippen LogP contribution in [0.5, 0.6) is 0 Å². The third-order valence-corrected chi connectivity index (χ3v) is 2.69. The maximum Gasteiger partial charge on any atom is 0.197 e. The van der Waals surface area contributed by atoms with Crippen LogP contribution in [0.15, 0.2) is 16.7 Å². The fourth-order valence-corrected chi connectivity index (χ4v) is 1.83. The molecule has 3 heteroatoms. The second kappa shape index (κ2) is 3.11. The minimum atomic E-state index is 0.385. The van der Waals surface area contributed by atoms with Gasteiger partial charge in [-0.25, -0.2) is 0 Å². The first-order chi connectivity index (χ1) is 5.83. The molecular weight excluding hydrogens is 174 g/mol. The number of furan rings is 1. The first-order valence-corrected chi connectivity index (χ1v) is 4.61. The molecule has 1 unspecified atom stereocenters. The Kier molecular flexibility index (Phi) is 2.11. The molecule has 1 aromatic rings. The monoisotopic (exact) mass is 185 g/mol. The molecule has 1 N–H and O–H groups in total. The van der Waals surface area contributed by atoms with Crippen molar-refractivity contribution in [2.24, 2.45) is 5.92 Å². The van der Waals surface area contributed by atoms with Gasteiger partial charge in [0.05, 0.1) is 6.26 Å². The van der Waals surface area contributed by atoms with Gasteiger partial charge in [-0.1, -0.05) is 0 Å². The van der Waals surface area contributed by atoms with E-state index >= 15 is 0 Å². The zero-order valence-corrected chi connectivity index (χ0v) is 7.77. The van der Waals surface area contributed by atoms with E-state index in [0.29, 0.717) is 11.3 Å². The van der Waals surface area contributed by atoms with Gasteiger partial charge in [-0.3, -0.25) is 0 Å². The number of nitrogens with one attached hydrogen (secondary N) is 1. The van der Waals surface area contributed by atoms with E-state index < -0.39 is 0 Å². The Morgan fingerprint density at radius 3 is 2.83 bits per heavy atom. The van der Waals surface area contributed by atoms with Crippen molar-refractivity contribution >= 4 is 11.6 Å². The van der Waals surface area contributed by atoms with Crippen molar-refractivity contribution in [1.82, 2.24) is 5.32 Å². The highest BCUT2D eigenvalue weighted by Gasteiger charge is 2.33. The molecule has 0 radical (unpaired) electrons. The molecule has 1 aromatic heterocycles. The summed E-state index contributed by atoms with van der Waals surface area (Å²) < 4.78 is 5.05.